The lowest BCUT2D eigenvalue weighted by molar-refractivity contribution is -0.171. The minimum atomic E-state index is -0.192. The van der Waals surface area contributed by atoms with E-state index in [1.165, 1.54) is 14.2 Å². The minimum absolute atomic E-state index is 0.0640. The van der Waals surface area contributed by atoms with Crippen LogP contribution in [0.15, 0.2) is 0 Å². The molecule has 0 radical (unpaired) electrons. The zero-order valence-corrected chi connectivity index (χ0v) is 8.65. The molecule has 0 spiro atoms. The first kappa shape index (κ1) is 11.0. The number of likely N-dealkylation sites (N-methyl/N-ethyl adjacent to an activating group) is 1. The Labute approximate surface area is 83.6 Å². The summed E-state index contributed by atoms with van der Waals surface area (Å²) in [5.74, 6) is -0.128. The SMILES string of the molecule is CON(C)C(=O)CN1CCCCC1=O. The smallest absolute Gasteiger partial charge is 0.265 e. The van der Waals surface area contributed by atoms with E-state index in [9.17, 15) is 9.59 Å². The molecule has 1 aliphatic heterocycles. The molecule has 0 unspecified atom stereocenters. The van der Waals surface area contributed by atoms with E-state index in [4.69, 9.17) is 4.84 Å². The number of rotatable bonds is 3. The molecule has 0 saturated carbocycles. The molecular weight excluding hydrogens is 184 g/mol. The lowest BCUT2D eigenvalue weighted by Crippen LogP contribution is -2.43. The van der Waals surface area contributed by atoms with Crippen LogP contribution in [0, 0.1) is 0 Å². The number of nitrogens with zero attached hydrogens (tertiary/aromatic N) is 2. The van der Waals surface area contributed by atoms with E-state index < -0.39 is 0 Å². The maximum absolute atomic E-state index is 11.4. The summed E-state index contributed by atoms with van der Waals surface area (Å²) >= 11 is 0. The van der Waals surface area contributed by atoms with Crippen molar-refractivity contribution >= 4 is 11.8 Å². The van der Waals surface area contributed by atoms with Crippen LogP contribution in [-0.4, -0.2) is 49.0 Å². The average molecular weight is 200 g/mol. The van der Waals surface area contributed by atoms with Gasteiger partial charge in [0.15, 0.2) is 0 Å². The van der Waals surface area contributed by atoms with Gasteiger partial charge in [0.05, 0.1) is 7.11 Å². The predicted octanol–water partition coefficient (Wildman–Crippen LogP) is 0.0187. The van der Waals surface area contributed by atoms with Gasteiger partial charge in [-0.25, -0.2) is 5.06 Å². The molecule has 0 aromatic heterocycles. The lowest BCUT2D eigenvalue weighted by Gasteiger charge is -2.27. The molecule has 2 amide bonds. The van der Waals surface area contributed by atoms with Crippen LogP contribution in [0.3, 0.4) is 0 Å². The van der Waals surface area contributed by atoms with Crippen molar-refractivity contribution in [3.8, 4) is 0 Å². The predicted molar refractivity (Wildman–Crippen MR) is 50.2 cm³/mol. The summed E-state index contributed by atoms with van der Waals surface area (Å²) < 4.78 is 0. The van der Waals surface area contributed by atoms with Crippen molar-refractivity contribution in [1.29, 1.82) is 0 Å². The van der Waals surface area contributed by atoms with Crippen LogP contribution >= 0.6 is 0 Å². The molecule has 0 aliphatic carbocycles. The van der Waals surface area contributed by atoms with E-state index in [0.717, 1.165) is 17.9 Å². The van der Waals surface area contributed by atoms with E-state index in [-0.39, 0.29) is 18.4 Å². The summed E-state index contributed by atoms with van der Waals surface area (Å²) in [4.78, 5) is 29.1. The van der Waals surface area contributed by atoms with Gasteiger partial charge in [0.2, 0.25) is 5.91 Å². The molecule has 0 aromatic rings. The largest absolute Gasteiger partial charge is 0.333 e. The van der Waals surface area contributed by atoms with Gasteiger partial charge in [-0.05, 0) is 12.8 Å². The molecule has 0 bridgehead atoms. The van der Waals surface area contributed by atoms with Crippen LogP contribution < -0.4 is 0 Å². The number of piperidine rings is 1. The molecule has 1 aliphatic rings. The molecule has 5 nitrogen and oxygen atoms in total. The van der Waals surface area contributed by atoms with Crippen molar-refractivity contribution in [2.24, 2.45) is 0 Å². The summed E-state index contributed by atoms with van der Waals surface area (Å²) in [7, 11) is 2.96. The van der Waals surface area contributed by atoms with Crippen molar-refractivity contribution in [3.63, 3.8) is 0 Å². The topological polar surface area (TPSA) is 49.9 Å². The van der Waals surface area contributed by atoms with Gasteiger partial charge in [-0.15, -0.1) is 0 Å². The van der Waals surface area contributed by atoms with Crippen molar-refractivity contribution in [3.05, 3.63) is 0 Å². The zero-order valence-electron chi connectivity index (χ0n) is 8.65. The molecular formula is C9H16N2O3. The first-order chi connectivity index (χ1) is 6.65. The second-order valence-electron chi connectivity index (χ2n) is 3.35. The minimum Gasteiger partial charge on any atom is -0.333 e. The van der Waals surface area contributed by atoms with Crippen molar-refractivity contribution in [1.82, 2.24) is 9.96 Å². The van der Waals surface area contributed by atoms with Gasteiger partial charge in [0.1, 0.15) is 6.54 Å². The Hall–Kier alpha value is -1.10. The monoisotopic (exact) mass is 200 g/mol. The molecule has 1 heterocycles. The Kier molecular flexibility index (Phi) is 3.88. The second-order valence-corrected chi connectivity index (χ2v) is 3.35. The highest BCUT2D eigenvalue weighted by atomic mass is 16.7. The normalized spacial score (nSPS) is 17.0. The van der Waals surface area contributed by atoms with Gasteiger partial charge in [0.25, 0.3) is 5.91 Å². The molecule has 0 aromatic carbocycles. The average Bonchev–Trinajstić information content (AvgIpc) is 2.20. The first-order valence-electron chi connectivity index (χ1n) is 4.73. The number of hydrogen-bond donors (Lipinski definition) is 0. The Morgan fingerprint density at radius 3 is 2.86 bits per heavy atom. The third-order valence-corrected chi connectivity index (χ3v) is 2.37. The molecule has 1 rings (SSSR count). The van der Waals surface area contributed by atoms with Crippen molar-refractivity contribution in [2.45, 2.75) is 19.3 Å². The maximum atomic E-state index is 11.4. The van der Waals surface area contributed by atoms with Crippen LogP contribution in [0.2, 0.25) is 0 Å². The third kappa shape index (κ3) is 2.70. The van der Waals surface area contributed by atoms with Gasteiger partial charge in [-0.3, -0.25) is 14.4 Å². The highest BCUT2D eigenvalue weighted by Crippen LogP contribution is 2.10. The fourth-order valence-corrected chi connectivity index (χ4v) is 1.39. The van der Waals surface area contributed by atoms with Gasteiger partial charge in [-0.2, -0.15) is 0 Å². The van der Waals surface area contributed by atoms with Crippen LogP contribution in [-0.2, 0) is 14.4 Å². The van der Waals surface area contributed by atoms with E-state index in [1.807, 2.05) is 0 Å². The third-order valence-electron chi connectivity index (χ3n) is 2.37. The van der Waals surface area contributed by atoms with Gasteiger partial charge in [-0.1, -0.05) is 0 Å². The fraction of sp³-hybridized carbons (Fsp3) is 0.778. The Bertz CT molecular complexity index is 230. The van der Waals surface area contributed by atoms with Gasteiger partial charge < -0.3 is 4.90 Å². The van der Waals surface area contributed by atoms with Crippen molar-refractivity contribution < 1.29 is 14.4 Å². The van der Waals surface area contributed by atoms with Crippen LogP contribution in [0.1, 0.15) is 19.3 Å². The van der Waals surface area contributed by atoms with Crippen LogP contribution in [0.5, 0.6) is 0 Å². The van der Waals surface area contributed by atoms with Gasteiger partial charge in [0, 0.05) is 20.0 Å². The van der Waals surface area contributed by atoms with Crippen molar-refractivity contribution in [2.75, 3.05) is 27.2 Å². The summed E-state index contributed by atoms with van der Waals surface area (Å²) in [5.41, 5.74) is 0. The summed E-state index contributed by atoms with van der Waals surface area (Å²) in [6, 6.07) is 0. The lowest BCUT2D eigenvalue weighted by atomic mass is 10.1. The summed E-state index contributed by atoms with van der Waals surface area (Å²) in [6.07, 6.45) is 2.48. The Morgan fingerprint density at radius 1 is 1.57 bits per heavy atom. The summed E-state index contributed by atoms with van der Waals surface area (Å²) in [6.45, 7) is 0.811. The highest BCUT2D eigenvalue weighted by Gasteiger charge is 2.21. The molecule has 14 heavy (non-hydrogen) atoms. The molecule has 1 fully saturated rings. The van der Waals surface area contributed by atoms with Crippen LogP contribution in [0.4, 0.5) is 0 Å². The van der Waals surface area contributed by atoms with E-state index in [2.05, 4.69) is 0 Å². The number of hydrogen-bond acceptors (Lipinski definition) is 3. The van der Waals surface area contributed by atoms with Gasteiger partial charge >= 0.3 is 0 Å². The van der Waals surface area contributed by atoms with E-state index >= 15 is 0 Å². The number of carbonyl (C=O) groups excluding carboxylic acids is 2. The quantitative estimate of drug-likeness (QED) is 0.603. The Balaban J connectivity index is 2.42. The molecule has 0 N–H and O–H groups in total. The number of likely N-dealkylation sites (tertiary alicyclic amines) is 1. The first-order valence-corrected chi connectivity index (χ1v) is 4.73. The Morgan fingerprint density at radius 2 is 2.29 bits per heavy atom. The number of hydroxylamine groups is 2. The molecule has 5 heteroatoms. The van der Waals surface area contributed by atoms with Crippen LogP contribution in [0.25, 0.3) is 0 Å². The second kappa shape index (κ2) is 4.95. The molecule has 0 atom stereocenters. The fourth-order valence-electron chi connectivity index (χ4n) is 1.39. The number of carbonyl (C=O) groups is 2. The summed E-state index contributed by atoms with van der Waals surface area (Å²) in [5, 5.41) is 1.14. The zero-order chi connectivity index (χ0) is 10.6. The number of amides is 2. The molecule has 1 saturated heterocycles. The van der Waals surface area contributed by atoms with E-state index in [1.54, 1.807) is 4.90 Å². The van der Waals surface area contributed by atoms with E-state index in [0.29, 0.717) is 13.0 Å². The standard InChI is InChI=1S/C9H16N2O3/c1-10(14-2)9(13)7-11-6-4-3-5-8(11)12/h3-7H2,1-2H3. The highest BCUT2D eigenvalue weighted by molar-refractivity contribution is 5.84. The maximum Gasteiger partial charge on any atom is 0.265 e. The molecule has 80 valence electrons.